The molecule has 0 heterocycles. The van der Waals surface area contributed by atoms with Crippen molar-refractivity contribution >= 4 is 18.0 Å². The third kappa shape index (κ3) is 5.24. The Hall–Kier alpha value is -3.61. The topological polar surface area (TPSA) is 105 Å². The molecule has 3 atom stereocenters. The van der Waals surface area contributed by atoms with Crippen LogP contribution in [0.5, 0.6) is 0 Å². The molecule has 2 aliphatic rings. The van der Waals surface area contributed by atoms with Crippen molar-refractivity contribution in [3.63, 3.8) is 0 Å². The molecule has 2 aliphatic carbocycles. The minimum absolute atomic E-state index is 0.0270. The third-order valence-electron chi connectivity index (χ3n) is 6.97. The van der Waals surface area contributed by atoms with E-state index in [1.54, 1.807) is 0 Å². The Kier molecular flexibility index (Phi) is 7.24. The highest BCUT2D eigenvalue weighted by molar-refractivity contribution is 5.88. The number of rotatable bonds is 8. The third-order valence-corrected chi connectivity index (χ3v) is 6.97. The summed E-state index contributed by atoms with van der Waals surface area (Å²) in [4.78, 5) is 37.1. The normalized spacial score (nSPS) is 20.3. The zero-order chi connectivity index (χ0) is 25.0. The van der Waals surface area contributed by atoms with E-state index in [1.165, 1.54) is 6.92 Å². The smallest absolute Gasteiger partial charge is 0.407 e. The van der Waals surface area contributed by atoms with Crippen LogP contribution >= 0.6 is 0 Å². The van der Waals surface area contributed by atoms with E-state index in [9.17, 15) is 19.5 Å². The van der Waals surface area contributed by atoms with Crippen molar-refractivity contribution in [3.05, 3.63) is 71.8 Å². The van der Waals surface area contributed by atoms with E-state index in [-0.39, 0.29) is 24.5 Å². The van der Waals surface area contributed by atoms with Gasteiger partial charge >= 0.3 is 12.1 Å². The van der Waals surface area contributed by atoms with E-state index < -0.39 is 23.5 Å². The number of benzene rings is 2. The summed E-state index contributed by atoms with van der Waals surface area (Å²) in [6, 6.07) is 15.9. The van der Waals surface area contributed by atoms with Crippen LogP contribution in [0.2, 0.25) is 0 Å². The van der Waals surface area contributed by atoms with Crippen LogP contribution in [0, 0.1) is 5.92 Å². The van der Waals surface area contributed by atoms with E-state index in [4.69, 9.17) is 4.74 Å². The van der Waals surface area contributed by atoms with Crippen LogP contribution in [0.4, 0.5) is 4.79 Å². The number of carbonyl (C=O) groups is 3. The number of hydrogen-bond acceptors (Lipinski definition) is 4. The van der Waals surface area contributed by atoms with Gasteiger partial charge in [0.05, 0.1) is 6.04 Å². The quantitative estimate of drug-likeness (QED) is 0.482. The molecule has 2 aromatic carbocycles. The minimum atomic E-state index is -1.30. The second-order valence-corrected chi connectivity index (χ2v) is 9.55. The van der Waals surface area contributed by atoms with Crippen LogP contribution in [0.25, 0.3) is 11.1 Å². The molecular weight excluding hydrogens is 444 g/mol. The molecule has 4 rings (SSSR count). The van der Waals surface area contributed by atoms with Crippen LogP contribution in [-0.4, -0.2) is 41.3 Å². The molecule has 3 unspecified atom stereocenters. The van der Waals surface area contributed by atoms with Crippen LogP contribution in [0.1, 0.15) is 56.6 Å². The summed E-state index contributed by atoms with van der Waals surface area (Å²) in [7, 11) is 0. The van der Waals surface area contributed by atoms with Crippen LogP contribution in [0.3, 0.4) is 0 Å². The number of carboxylic acids is 1. The maximum absolute atomic E-state index is 12.8. The van der Waals surface area contributed by atoms with Crippen molar-refractivity contribution in [2.45, 2.75) is 57.0 Å². The fourth-order valence-electron chi connectivity index (χ4n) is 5.10. The number of aliphatic carboxylic acids is 1. The van der Waals surface area contributed by atoms with Crippen LogP contribution in [0.15, 0.2) is 60.7 Å². The fourth-order valence-corrected chi connectivity index (χ4v) is 5.10. The van der Waals surface area contributed by atoms with Crippen molar-refractivity contribution in [1.82, 2.24) is 10.6 Å². The summed E-state index contributed by atoms with van der Waals surface area (Å²) in [5.74, 6) is -1.81. The SMILES string of the molecule is CCCC(C)(NC(=O)C1CC=CC(NC(=O)OCC2c3ccccc3-c3ccccc32)C1)C(=O)O. The molecule has 0 fully saturated rings. The highest BCUT2D eigenvalue weighted by Crippen LogP contribution is 2.44. The summed E-state index contributed by atoms with van der Waals surface area (Å²) in [6.07, 6.45) is 5.03. The van der Waals surface area contributed by atoms with Gasteiger partial charge in [-0.05, 0) is 48.4 Å². The number of amides is 2. The number of carboxylic acid groups (broad SMARTS) is 1. The van der Waals surface area contributed by atoms with E-state index >= 15 is 0 Å². The Morgan fingerprint density at radius 3 is 2.29 bits per heavy atom. The number of allylic oxidation sites excluding steroid dienone is 1. The van der Waals surface area contributed by atoms with Gasteiger partial charge in [-0.25, -0.2) is 9.59 Å². The van der Waals surface area contributed by atoms with Gasteiger partial charge in [0.25, 0.3) is 0 Å². The van der Waals surface area contributed by atoms with Gasteiger partial charge in [0, 0.05) is 11.8 Å². The maximum atomic E-state index is 12.8. The molecule has 0 radical (unpaired) electrons. The summed E-state index contributed by atoms with van der Waals surface area (Å²) in [6.45, 7) is 3.63. The average Bonchev–Trinajstić information content (AvgIpc) is 3.16. The van der Waals surface area contributed by atoms with Gasteiger partial charge < -0.3 is 20.5 Å². The Bertz CT molecular complexity index is 1100. The zero-order valence-electron chi connectivity index (χ0n) is 20.1. The number of carbonyl (C=O) groups excluding carboxylic acids is 2. The van der Waals surface area contributed by atoms with Gasteiger partial charge in [0.15, 0.2) is 0 Å². The minimum Gasteiger partial charge on any atom is -0.480 e. The highest BCUT2D eigenvalue weighted by atomic mass is 16.5. The van der Waals surface area contributed by atoms with E-state index in [2.05, 4.69) is 34.9 Å². The summed E-state index contributed by atoms with van der Waals surface area (Å²) in [5, 5.41) is 15.1. The van der Waals surface area contributed by atoms with Crippen molar-refractivity contribution in [1.29, 1.82) is 0 Å². The van der Waals surface area contributed by atoms with E-state index in [0.717, 1.165) is 22.3 Å². The number of fused-ring (bicyclic) bond motifs is 3. The van der Waals surface area contributed by atoms with Gasteiger partial charge in [0.1, 0.15) is 12.1 Å². The molecule has 0 aromatic heterocycles. The first-order chi connectivity index (χ1) is 16.8. The Labute approximate surface area is 205 Å². The molecule has 0 spiro atoms. The largest absolute Gasteiger partial charge is 0.480 e. The molecule has 2 amide bonds. The Morgan fingerprint density at radius 1 is 1.06 bits per heavy atom. The zero-order valence-corrected chi connectivity index (χ0v) is 20.1. The van der Waals surface area contributed by atoms with Gasteiger partial charge in [-0.1, -0.05) is 74.0 Å². The molecule has 0 saturated heterocycles. The number of ether oxygens (including phenoxy) is 1. The maximum Gasteiger partial charge on any atom is 0.407 e. The lowest BCUT2D eigenvalue weighted by molar-refractivity contribution is -0.148. The summed E-state index contributed by atoms with van der Waals surface area (Å²) in [5.41, 5.74) is 3.31. The molecule has 2 aromatic rings. The van der Waals surface area contributed by atoms with Gasteiger partial charge in [-0.3, -0.25) is 4.79 Å². The predicted octanol–water partition coefficient (Wildman–Crippen LogP) is 4.62. The Balaban J connectivity index is 1.34. The molecule has 0 bridgehead atoms. The van der Waals surface area contributed by atoms with Crippen molar-refractivity contribution in [3.8, 4) is 11.1 Å². The molecule has 3 N–H and O–H groups in total. The molecule has 0 aliphatic heterocycles. The lowest BCUT2D eigenvalue weighted by atomic mass is 9.88. The molecule has 0 saturated carbocycles. The number of hydrogen-bond donors (Lipinski definition) is 3. The lowest BCUT2D eigenvalue weighted by Gasteiger charge is -2.30. The highest BCUT2D eigenvalue weighted by Gasteiger charge is 2.37. The second-order valence-electron chi connectivity index (χ2n) is 9.55. The standard InChI is InChI=1S/C28H32N2O5/c1-3-15-28(2,26(32)33)30-25(31)18-9-8-10-19(16-18)29-27(34)35-17-24-22-13-6-4-11-20(22)21-12-5-7-14-23(21)24/h4-8,10-14,18-19,24H,3,9,15-17H2,1-2H3,(H,29,34)(H,30,31)(H,32,33). The molecule has 7 heteroatoms. The first-order valence-electron chi connectivity index (χ1n) is 12.2. The first-order valence-corrected chi connectivity index (χ1v) is 12.2. The second kappa shape index (κ2) is 10.3. The number of alkyl carbamates (subject to hydrolysis) is 1. The van der Waals surface area contributed by atoms with E-state index in [1.807, 2.05) is 43.3 Å². The van der Waals surface area contributed by atoms with Gasteiger partial charge in [-0.15, -0.1) is 0 Å². The van der Waals surface area contributed by atoms with Crippen molar-refractivity contribution in [2.75, 3.05) is 6.61 Å². The van der Waals surface area contributed by atoms with Crippen molar-refractivity contribution < 1.29 is 24.2 Å². The van der Waals surface area contributed by atoms with Crippen LogP contribution < -0.4 is 10.6 Å². The molecule has 184 valence electrons. The average molecular weight is 477 g/mol. The number of nitrogens with one attached hydrogen (secondary N) is 2. The Morgan fingerprint density at radius 2 is 1.69 bits per heavy atom. The molecular formula is C28H32N2O5. The fraction of sp³-hybridized carbons (Fsp3) is 0.393. The van der Waals surface area contributed by atoms with Gasteiger partial charge in [0.2, 0.25) is 5.91 Å². The monoisotopic (exact) mass is 476 g/mol. The summed E-state index contributed by atoms with van der Waals surface area (Å²) >= 11 is 0. The van der Waals surface area contributed by atoms with E-state index in [0.29, 0.717) is 25.7 Å². The predicted molar refractivity (Wildman–Crippen MR) is 133 cm³/mol. The van der Waals surface area contributed by atoms with Gasteiger partial charge in [-0.2, -0.15) is 0 Å². The summed E-state index contributed by atoms with van der Waals surface area (Å²) < 4.78 is 5.62. The lowest BCUT2D eigenvalue weighted by Crippen LogP contribution is -2.54. The molecule has 7 nitrogen and oxygen atoms in total. The first kappa shape index (κ1) is 24.5. The van der Waals surface area contributed by atoms with Crippen LogP contribution in [-0.2, 0) is 14.3 Å². The van der Waals surface area contributed by atoms with Crippen molar-refractivity contribution in [2.24, 2.45) is 5.92 Å². The molecule has 35 heavy (non-hydrogen) atoms.